The maximum atomic E-state index is 13.3. The third kappa shape index (κ3) is 3.47. The number of hydrazine groups is 1. The molecule has 0 radical (unpaired) electrons. The topological polar surface area (TPSA) is 50.5 Å². The number of hydrogen-bond acceptors (Lipinski definition) is 4. The molecule has 0 fully saturated rings. The predicted molar refractivity (Wildman–Crippen MR) is 56.6 cm³/mol. The van der Waals surface area contributed by atoms with E-state index in [9.17, 15) is 4.39 Å². The summed E-state index contributed by atoms with van der Waals surface area (Å²) in [6.45, 7) is 1.18. The Kier molecular flexibility index (Phi) is 4.48. The predicted octanol–water partition coefficient (Wildman–Crippen LogP) is 0.687. The first-order chi connectivity index (χ1) is 7.17. The molecule has 0 aromatic heterocycles. The van der Waals surface area contributed by atoms with Crippen LogP contribution in [0.25, 0.3) is 0 Å². The first kappa shape index (κ1) is 11.9. The molecule has 1 aromatic rings. The minimum Gasteiger partial charge on any atom is -0.494 e. The zero-order chi connectivity index (χ0) is 11.3. The van der Waals surface area contributed by atoms with Crippen LogP contribution in [0.15, 0.2) is 18.2 Å². The highest BCUT2D eigenvalue weighted by molar-refractivity contribution is 5.29. The Bertz CT molecular complexity index is 320. The van der Waals surface area contributed by atoms with Gasteiger partial charge < -0.3 is 4.74 Å². The van der Waals surface area contributed by atoms with Crippen molar-refractivity contribution in [2.75, 3.05) is 20.8 Å². The lowest BCUT2D eigenvalue weighted by Gasteiger charge is -2.15. The van der Waals surface area contributed by atoms with E-state index in [1.165, 1.54) is 13.2 Å². The van der Waals surface area contributed by atoms with E-state index in [2.05, 4.69) is 5.43 Å². The zero-order valence-electron chi connectivity index (χ0n) is 8.96. The number of benzene rings is 1. The third-order valence-corrected chi connectivity index (χ3v) is 2.03. The quantitative estimate of drug-likeness (QED) is 0.429. The summed E-state index contributed by atoms with van der Waals surface area (Å²) in [6, 6.07) is 4.91. The molecule has 0 saturated heterocycles. The van der Waals surface area contributed by atoms with E-state index in [-0.39, 0.29) is 11.6 Å². The number of nitrogens with two attached hydrogens (primary N) is 1. The van der Waals surface area contributed by atoms with Crippen molar-refractivity contribution in [2.45, 2.75) is 6.54 Å². The van der Waals surface area contributed by atoms with E-state index in [1.807, 2.05) is 18.0 Å². The second kappa shape index (κ2) is 5.65. The van der Waals surface area contributed by atoms with Gasteiger partial charge >= 0.3 is 0 Å². The lowest BCUT2D eigenvalue weighted by Crippen LogP contribution is -2.35. The fourth-order valence-corrected chi connectivity index (χ4v) is 1.33. The van der Waals surface area contributed by atoms with Crippen LogP contribution in [0.2, 0.25) is 0 Å². The monoisotopic (exact) mass is 213 g/mol. The van der Waals surface area contributed by atoms with Crippen LogP contribution in [-0.4, -0.2) is 25.7 Å². The Labute approximate surface area is 88.8 Å². The number of hydrogen-bond donors (Lipinski definition) is 2. The highest BCUT2D eigenvalue weighted by Crippen LogP contribution is 2.18. The van der Waals surface area contributed by atoms with Gasteiger partial charge in [-0.1, -0.05) is 6.07 Å². The van der Waals surface area contributed by atoms with Gasteiger partial charge in [-0.05, 0) is 24.7 Å². The van der Waals surface area contributed by atoms with Crippen molar-refractivity contribution >= 4 is 0 Å². The number of rotatable bonds is 5. The number of ether oxygens (including phenoxy) is 1. The van der Waals surface area contributed by atoms with Gasteiger partial charge in [0.15, 0.2) is 11.6 Å². The molecule has 0 atom stereocenters. The van der Waals surface area contributed by atoms with Crippen molar-refractivity contribution in [2.24, 2.45) is 5.84 Å². The largest absolute Gasteiger partial charge is 0.494 e. The molecule has 0 amide bonds. The van der Waals surface area contributed by atoms with Crippen LogP contribution in [0.3, 0.4) is 0 Å². The molecule has 0 aliphatic carbocycles. The minimum absolute atomic E-state index is 0.262. The summed E-state index contributed by atoms with van der Waals surface area (Å²) in [6.07, 6.45) is 0. The average Bonchev–Trinajstić information content (AvgIpc) is 2.18. The molecule has 3 N–H and O–H groups in total. The van der Waals surface area contributed by atoms with Gasteiger partial charge in [0, 0.05) is 6.54 Å². The van der Waals surface area contributed by atoms with Crippen molar-refractivity contribution in [1.29, 1.82) is 0 Å². The van der Waals surface area contributed by atoms with Gasteiger partial charge in [-0.25, -0.2) is 9.82 Å². The third-order valence-electron chi connectivity index (χ3n) is 2.03. The smallest absolute Gasteiger partial charge is 0.165 e. The molecular formula is C10H16FN3O. The van der Waals surface area contributed by atoms with Gasteiger partial charge in [0.1, 0.15) is 0 Å². The first-order valence-electron chi connectivity index (χ1n) is 4.61. The SMILES string of the molecule is COc1ccc(CN(C)CNN)cc1F. The minimum atomic E-state index is -0.343. The highest BCUT2D eigenvalue weighted by atomic mass is 19.1. The molecule has 0 bridgehead atoms. The molecule has 4 nitrogen and oxygen atoms in total. The number of nitrogens with one attached hydrogen (secondary N) is 1. The summed E-state index contributed by atoms with van der Waals surface area (Å²) in [5, 5.41) is 0. The second-order valence-corrected chi connectivity index (χ2v) is 3.35. The first-order valence-corrected chi connectivity index (χ1v) is 4.61. The van der Waals surface area contributed by atoms with Gasteiger partial charge in [0.2, 0.25) is 0 Å². The van der Waals surface area contributed by atoms with Crippen molar-refractivity contribution in [3.8, 4) is 5.75 Å². The molecule has 84 valence electrons. The molecule has 0 aliphatic rings. The van der Waals surface area contributed by atoms with E-state index in [0.29, 0.717) is 13.2 Å². The van der Waals surface area contributed by atoms with Crippen molar-refractivity contribution in [3.05, 3.63) is 29.6 Å². The normalized spacial score (nSPS) is 10.7. The summed E-state index contributed by atoms with van der Waals surface area (Å²) in [7, 11) is 3.34. The van der Waals surface area contributed by atoms with Crippen LogP contribution < -0.4 is 16.0 Å². The van der Waals surface area contributed by atoms with Crippen molar-refractivity contribution < 1.29 is 9.13 Å². The van der Waals surface area contributed by atoms with E-state index in [4.69, 9.17) is 10.6 Å². The van der Waals surface area contributed by atoms with E-state index >= 15 is 0 Å². The molecule has 0 unspecified atom stereocenters. The molecule has 15 heavy (non-hydrogen) atoms. The summed E-state index contributed by atoms with van der Waals surface area (Å²) in [5.74, 6) is 5.09. The summed E-state index contributed by atoms with van der Waals surface area (Å²) in [4.78, 5) is 1.93. The number of nitrogens with zero attached hydrogens (tertiary/aromatic N) is 1. The molecule has 1 rings (SSSR count). The van der Waals surface area contributed by atoms with Gasteiger partial charge in [-0.2, -0.15) is 0 Å². The van der Waals surface area contributed by atoms with E-state index in [1.54, 1.807) is 6.07 Å². The Hall–Kier alpha value is -1.17. The number of methoxy groups -OCH3 is 1. The molecule has 0 spiro atoms. The maximum absolute atomic E-state index is 13.3. The number of halogens is 1. The maximum Gasteiger partial charge on any atom is 0.165 e. The lowest BCUT2D eigenvalue weighted by atomic mass is 10.2. The molecule has 0 aliphatic heterocycles. The molecular weight excluding hydrogens is 197 g/mol. The van der Waals surface area contributed by atoms with Crippen LogP contribution in [0.1, 0.15) is 5.56 Å². The standard InChI is InChI=1S/C10H16FN3O/c1-14(7-13-12)6-8-3-4-10(15-2)9(11)5-8/h3-5,13H,6-7,12H2,1-2H3. The fraction of sp³-hybridized carbons (Fsp3) is 0.400. The summed E-state index contributed by atoms with van der Waals surface area (Å²) < 4.78 is 18.1. The zero-order valence-corrected chi connectivity index (χ0v) is 8.96. The summed E-state index contributed by atoms with van der Waals surface area (Å²) in [5.41, 5.74) is 3.41. The van der Waals surface area contributed by atoms with Gasteiger partial charge in [-0.15, -0.1) is 0 Å². The Morgan fingerprint density at radius 1 is 1.53 bits per heavy atom. The Morgan fingerprint density at radius 2 is 2.27 bits per heavy atom. The van der Waals surface area contributed by atoms with Crippen molar-refractivity contribution in [3.63, 3.8) is 0 Å². The van der Waals surface area contributed by atoms with Crippen LogP contribution in [0.4, 0.5) is 4.39 Å². The van der Waals surface area contributed by atoms with Crippen molar-refractivity contribution in [1.82, 2.24) is 10.3 Å². The van der Waals surface area contributed by atoms with Crippen LogP contribution >= 0.6 is 0 Å². The molecule has 1 aromatic carbocycles. The Balaban J connectivity index is 2.66. The lowest BCUT2D eigenvalue weighted by molar-refractivity contribution is 0.300. The van der Waals surface area contributed by atoms with Gasteiger partial charge in [0.05, 0.1) is 13.8 Å². The van der Waals surface area contributed by atoms with E-state index in [0.717, 1.165) is 5.56 Å². The fourth-order valence-electron chi connectivity index (χ4n) is 1.33. The highest BCUT2D eigenvalue weighted by Gasteiger charge is 2.05. The van der Waals surface area contributed by atoms with Gasteiger partial charge in [0.25, 0.3) is 0 Å². The van der Waals surface area contributed by atoms with Crippen LogP contribution in [0, 0.1) is 5.82 Å². The van der Waals surface area contributed by atoms with Crippen LogP contribution in [-0.2, 0) is 6.54 Å². The molecule has 0 heterocycles. The second-order valence-electron chi connectivity index (χ2n) is 3.35. The van der Waals surface area contributed by atoms with Gasteiger partial charge in [-0.3, -0.25) is 10.7 Å². The van der Waals surface area contributed by atoms with E-state index < -0.39 is 0 Å². The molecule has 5 heteroatoms. The summed E-state index contributed by atoms with van der Waals surface area (Å²) >= 11 is 0. The Morgan fingerprint density at radius 3 is 2.80 bits per heavy atom. The average molecular weight is 213 g/mol. The van der Waals surface area contributed by atoms with Crippen LogP contribution in [0.5, 0.6) is 5.75 Å². The molecule has 0 saturated carbocycles.